The zero-order chi connectivity index (χ0) is 24.7. The van der Waals surface area contributed by atoms with E-state index in [1.165, 1.54) is 24.3 Å². The molecule has 178 valence electrons. The van der Waals surface area contributed by atoms with E-state index in [1.54, 1.807) is 29.6 Å². The van der Waals surface area contributed by atoms with E-state index in [-0.39, 0.29) is 30.5 Å². The lowest BCUT2D eigenvalue weighted by Crippen LogP contribution is -2.17. The first kappa shape index (κ1) is 24.6. The van der Waals surface area contributed by atoms with Gasteiger partial charge in [-0.05, 0) is 35.7 Å². The van der Waals surface area contributed by atoms with Gasteiger partial charge in [0.25, 0.3) is 20.0 Å². The molecule has 4 rings (SSSR count). The molecule has 4 aromatic rings. The summed E-state index contributed by atoms with van der Waals surface area (Å²) in [5.41, 5.74) is 0.740. The molecule has 0 unspecified atom stereocenters. The van der Waals surface area contributed by atoms with E-state index >= 15 is 0 Å². The molecule has 0 fully saturated rings. The second-order valence-electron chi connectivity index (χ2n) is 7.48. The highest BCUT2D eigenvalue weighted by molar-refractivity contribution is 7.94. The fourth-order valence-electron chi connectivity index (χ4n) is 3.42. The van der Waals surface area contributed by atoms with Crippen LogP contribution in [0, 0.1) is 0 Å². The molecule has 12 heteroatoms. The van der Waals surface area contributed by atoms with E-state index < -0.39 is 20.0 Å². The number of fused-ring (bicyclic) bond motifs is 1. The van der Waals surface area contributed by atoms with Gasteiger partial charge in [0.05, 0.1) is 26.3 Å². The number of nitrogens with one attached hydrogen (secondary N) is 2. The molecule has 0 bridgehead atoms. The molecule has 0 saturated heterocycles. The number of thiophene rings is 1. The van der Waals surface area contributed by atoms with Crippen LogP contribution in [0.25, 0.3) is 10.8 Å². The van der Waals surface area contributed by atoms with Crippen molar-refractivity contribution in [2.45, 2.75) is 9.10 Å². The van der Waals surface area contributed by atoms with Crippen LogP contribution in [0.15, 0.2) is 75.1 Å². The molecule has 34 heavy (non-hydrogen) atoms. The first-order valence-corrected chi connectivity index (χ1v) is 14.4. The molecule has 0 spiro atoms. The van der Waals surface area contributed by atoms with Gasteiger partial charge in [-0.1, -0.05) is 53.5 Å². The largest absolute Gasteiger partial charge is 0.377 e. The number of hydrogen-bond acceptors (Lipinski definition) is 6. The summed E-state index contributed by atoms with van der Waals surface area (Å²) in [5, 5.41) is 3.01. The molecular weight excluding hydrogens is 537 g/mol. The minimum absolute atomic E-state index is 0.0341. The summed E-state index contributed by atoms with van der Waals surface area (Å²) >= 11 is 13.3. The van der Waals surface area contributed by atoms with Gasteiger partial charge in [0.2, 0.25) is 0 Å². The molecule has 0 aliphatic heterocycles. The fraction of sp³-hybridized carbons (Fsp3) is 0.0909. The average Bonchev–Trinajstić information content (AvgIpc) is 3.32. The summed E-state index contributed by atoms with van der Waals surface area (Å²) in [6, 6.07) is 15.9. The van der Waals surface area contributed by atoms with Crippen molar-refractivity contribution in [3.63, 3.8) is 0 Å². The molecule has 0 aliphatic rings. The maximum absolute atomic E-state index is 13.5. The number of anilines is 3. The summed E-state index contributed by atoms with van der Waals surface area (Å²) < 4.78 is 57.4. The van der Waals surface area contributed by atoms with Crippen molar-refractivity contribution in [1.29, 1.82) is 0 Å². The van der Waals surface area contributed by atoms with Gasteiger partial charge in [-0.15, -0.1) is 11.3 Å². The van der Waals surface area contributed by atoms with Crippen molar-refractivity contribution in [1.82, 2.24) is 0 Å². The Balaban J connectivity index is 1.80. The summed E-state index contributed by atoms with van der Waals surface area (Å²) in [7, 11) is -4.37. The van der Waals surface area contributed by atoms with E-state index in [0.717, 1.165) is 22.4 Å². The monoisotopic (exact) mass is 555 g/mol. The van der Waals surface area contributed by atoms with Gasteiger partial charge in [0, 0.05) is 30.6 Å². The highest BCUT2D eigenvalue weighted by atomic mass is 35.5. The number of sulfonamides is 2. The zero-order valence-electron chi connectivity index (χ0n) is 17.9. The van der Waals surface area contributed by atoms with Crippen LogP contribution in [0.3, 0.4) is 0 Å². The van der Waals surface area contributed by atoms with Crippen molar-refractivity contribution < 1.29 is 16.8 Å². The molecule has 7 nitrogen and oxygen atoms in total. The van der Waals surface area contributed by atoms with E-state index in [1.807, 2.05) is 31.1 Å². The lowest BCUT2D eigenvalue weighted by molar-refractivity contribution is 0.600. The third-order valence-corrected chi connectivity index (χ3v) is 9.85. The van der Waals surface area contributed by atoms with Gasteiger partial charge in [-0.25, -0.2) is 16.8 Å². The average molecular weight is 557 g/mol. The predicted molar refractivity (Wildman–Crippen MR) is 141 cm³/mol. The minimum atomic E-state index is -4.15. The summed E-state index contributed by atoms with van der Waals surface area (Å²) in [6.45, 7) is 0. The van der Waals surface area contributed by atoms with Crippen LogP contribution in [0.5, 0.6) is 0 Å². The zero-order valence-corrected chi connectivity index (χ0v) is 21.9. The van der Waals surface area contributed by atoms with Gasteiger partial charge >= 0.3 is 0 Å². The number of rotatable bonds is 7. The van der Waals surface area contributed by atoms with Crippen LogP contribution in [0.4, 0.5) is 17.1 Å². The predicted octanol–water partition coefficient (Wildman–Crippen LogP) is 5.88. The number of benzene rings is 3. The van der Waals surface area contributed by atoms with Crippen molar-refractivity contribution in [2.24, 2.45) is 0 Å². The van der Waals surface area contributed by atoms with Crippen LogP contribution in [0.2, 0.25) is 10.0 Å². The highest BCUT2D eigenvalue weighted by Crippen LogP contribution is 2.37. The maximum Gasteiger partial charge on any atom is 0.271 e. The molecular formula is C22H19Cl2N3O4S3. The van der Waals surface area contributed by atoms with E-state index in [2.05, 4.69) is 9.44 Å². The molecule has 0 atom stereocenters. The second-order valence-corrected chi connectivity index (χ2v) is 12.8. The Morgan fingerprint density at radius 1 is 0.765 bits per heavy atom. The first-order chi connectivity index (χ1) is 16.0. The topological polar surface area (TPSA) is 95.6 Å². The summed E-state index contributed by atoms with van der Waals surface area (Å²) in [6.07, 6.45) is 0. The van der Waals surface area contributed by atoms with Gasteiger partial charge in [-0.3, -0.25) is 9.44 Å². The van der Waals surface area contributed by atoms with E-state index in [0.29, 0.717) is 5.39 Å². The van der Waals surface area contributed by atoms with Gasteiger partial charge in [0.1, 0.15) is 4.21 Å². The van der Waals surface area contributed by atoms with Crippen LogP contribution < -0.4 is 14.3 Å². The Labute approximate surface area is 212 Å². The quantitative estimate of drug-likeness (QED) is 0.297. The number of halogens is 2. The highest BCUT2D eigenvalue weighted by Gasteiger charge is 2.23. The number of hydrogen-bond donors (Lipinski definition) is 2. The minimum Gasteiger partial charge on any atom is -0.377 e. The van der Waals surface area contributed by atoms with Crippen molar-refractivity contribution in [3.8, 4) is 0 Å². The van der Waals surface area contributed by atoms with Crippen LogP contribution in [0.1, 0.15) is 0 Å². The second kappa shape index (κ2) is 9.27. The molecule has 1 aromatic heterocycles. The Morgan fingerprint density at radius 2 is 1.35 bits per heavy atom. The van der Waals surface area contributed by atoms with Crippen molar-refractivity contribution in [2.75, 3.05) is 28.4 Å². The van der Waals surface area contributed by atoms with Gasteiger partial charge in [0.15, 0.2) is 0 Å². The molecule has 1 heterocycles. The molecule has 0 saturated carbocycles. The van der Waals surface area contributed by atoms with Crippen molar-refractivity contribution >= 4 is 82.4 Å². The molecule has 0 amide bonds. The smallest absolute Gasteiger partial charge is 0.271 e. The lowest BCUT2D eigenvalue weighted by atomic mass is 10.1. The third-order valence-electron chi connectivity index (χ3n) is 4.94. The van der Waals surface area contributed by atoms with E-state index in [9.17, 15) is 16.8 Å². The first-order valence-electron chi connectivity index (χ1n) is 9.77. The Morgan fingerprint density at radius 3 is 1.94 bits per heavy atom. The lowest BCUT2D eigenvalue weighted by Gasteiger charge is -2.18. The molecule has 2 N–H and O–H groups in total. The van der Waals surface area contributed by atoms with Gasteiger partial charge in [-0.2, -0.15) is 0 Å². The Kier molecular flexibility index (Phi) is 6.71. The van der Waals surface area contributed by atoms with Crippen LogP contribution >= 0.6 is 34.5 Å². The fourth-order valence-corrected chi connectivity index (χ4v) is 7.10. The molecule has 0 radical (unpaired) electrons. The Hall–Kier alpha value is -2.50. The molecule has 3 aromatic carbocycles. The maximum atomic E-state index is 13.5. The van der Waals surface area contributed by atoms with Gasteiger partial charge < -0.3 is 4.90 Å². The third kappa shape index (κ3) is 4.82. The SMILES string of the molecule is CN(C)c1cccc2c(S(=O)(=O)Nc3cc(Cl)c(Cl)cc3NS(=O)(=O)c3cccs3)cccc12. The van der Waals surface area contributed by atoms with Crippen LogP contribution in [-0.4, -0.2) is 30.9 Å². The standard InChI is InChI=1S/C22H19Cl2N3O4S3/c1-27(2)20-8-3-7-15-14(20)6-4-9-21(15)33(28,29)25-18-12-16(23)17(24)13-19(18)26-34(30,31)22-10-5-11-32-22/h3-13,25-26H,1-2H3. The van der Waals surface area contributed by atoms with Crippen molar-refractivity contribution in [3.05, 3.63) is 76.1 Å². The van der Waals surface area contributed by atoms with E-state index in [4.69, 9.17) is 23.2 Å². The normalized spacial score (nSPS) is 12.0. The Bertz CT molecular complexity index is 1590. The molecule has 0 aliphatic carbocycles. The number of nitrogens with zero attached hydrogens (tertiary/aromatic N) is 1. The van der Waals surface area contributed by atoms with Crippen LogP contribution in [-0.2, 0) is 20.0 Å². The summed E-state index contributed by atoms with van der Waals surface area (Å²) in [5.74, 6) is 0. The summed E-state index contributed by atoms with van der Waals surface area (Å²) in [4.78, 5) is 1.93.